The maximum Gasteiger partial charge on any atom is -0.0109 e. The summed E-state index contributed by atoms with van der Waals surface area (Å²) in [4.78, 5) is 0. The van der Waals surface area contributed by atoms with Crippen LogP contribution in [0.3, 0.4) is 0 Å². The molecule has 0 nitrogen and oxygen atoms in total. The van der Waals surface area contributed by atoms with Gasteiger partial charge in [-0.1, -0.05) is 73.2 Å². The zero-order valence-corrected chi connectivity index (χ0v) is 13.3. The molecule has 0 saturated heterocycles. The molecule has 0 aliphatic heterocycles. The molecule has 0 fully saturated rings. The lowest BCUT2D eigenvalue weighted by molar-refractivity contribution is 0.747. The van der Waals surface area contributed by atoms with E-state index in [1.54, 1.807) is 0 Å². The van der Waals surface area contributed by atoms with Gasteiger partial charge in [-0.05, 0) is 48.4 Å². The van der Waals surface area contributed by atoms with Crippen LogP contribution in [0.1, 0.15) is 31.4 Å². The molecule has 0 aliphatic rings. The third kappa shape index (κ3) is 3.95. The summed E-state index contributed by atoms with van der Waals surface area (Å²) in [5, 5.41) is 0. The van der Waals surface area contributed by atoms with Crippen molar-refractivity contribution < 1.29 is 0 Å². The van der Waals surface area contributed by atoms with Crippen LogP contribution in [-0.2, 0) is 0 Å². The van der Waals surface area contributed by atoms with Gasteiger partial charge in [-0.25, -0.2) is 0 Å². The van der Waals surface area contributed by atoms with E-state index in [2.05, 4.69) is 82.0 Å². The summed E-state index contributed by atoms with van der Waals surface area (Å²) in [5.41, 5.74) is 6.53. The first-order valence-electron chi connectivity index (χ1n) is 7.57. The summed E-state index contributed by atoms with van der Waals surface area (Å²) in [5.74, 6) is 0.520. The second-order valence-corrected chi connectivity index (χ2v) is 5.75. The Labute approximate surface area is 128 Å². The molecule has 1 atom stereocenters. The Morgan fingerprint density at radius 1 is 1.10 bits per heavy atom. The number of hydrogen-bond donors (Lipinski definition) is 0. The molecular weight excluding hydrogens is 252 g/mol. The fourth-order valence-electron chi connectivity index (χ4n) is 2.38. The van der Waals surface area contributed by atoms with Crippen molar-refractivity contribution in [3.8, 4) is 11.1 Å². The normalized spacial score (nSPS) is 13.0. The molecule has 0 spiro atoms. The second kappa shape index (κ2) is 7.08. The Hall–Kier alpha value is -2.08. The van der Waals surface area contributed by atoms with Crippen LogP contribution in [0.25, 0.3) is 16.7 Å². The molecule has 0 bridgehead atoms. The molecule has 0 N–H and O–H groups in total. The predicted molar refractivity (Wildman–Crippen MR) is 94.2 cm³/mol. The SMILES string of the molecule is C=CC(C)C/C=C(\C)c1ccccc1-c1ccc(C)cc1. The van der Waals surface area contributed by atoms with Gasteiger partial charge in [0.2, 0.25) is 0 Å². The van der Waals surface area contributed by atoms with Crippen molar-refractivity contribution in [2.75, 3.05) is 0 Å². The minimum absolute atomic E-state index is 0.520. The fourth-order valence-corrected chi connectivity index (χ4v) is 2.38. The maximum atomic E-state index is 3.86. The molecule has 2 aromatic carbocycles. The molecule has 0 amide bonds. The molecule has 0 radical (unpaired) electrons. The summed E-state index contributed by atoms with van der Waals surface area (Å²) in [6, 6.07) is 17.4. The van der Waals surface area contributed by atoms with Crippen molar-refractivity contribution in [1.82, 2.24) is 0 Å². The third-order valence-electron chi connectivity index (χ3n) is 3.91. The van der Waals surface area contributed by atoms with Gasteiger partial charge in [-0.15, -0.1) is 6.58 Å². The minimum atomic E-state index is 0.520. The topological polar surface area (TPSA) is 0 Å². The molecule has 0 heterocycles. The van der Waals surface area contributed by atoms with E-state index in [4.69, 9.17) is 0 Å². The highest BCUT2D eigenvalue weighted by atomic mass is 14.1. The van der Waals surface area contributed by atoms with Crippen LogP contribution >= 0.6 is 0 Å². The lowest BCUT2D eigenvalue weighted by Gasteiger charge is -2.11. The van der Waals surface area contributed by atoms with Crippen molar-refractivity contribution in [2.24, 2.45) is 5.92 Å². The van der Waals surface area contributed by atoms with E-state index in [9.17, 15) is 0 Å². The van der Waals surface area contributed by atoms with Crippen LogP contribution in [0, 0.1) is 12.8 Å². The van der Waals surface area contributed by atoms with Crippen molar-refractivity contribution in [3.63, 3.8) is 0 Å². The standard InChI is InChI=1S/C21H24/c1-5-16(2)10-13-18(4)20-8-6-7-9-21(20)19-14-11-17(3)12-15-19/h5-9,11-16H,1,10H2,2-4H3/b18-13+. The summed E-state index contributed by atoms with van der Waals surface area (Å²) in [6.45, 7) is 10.4. The molecule has 21 heavy (non-hydrogen) atoms. The lowest BCUT2D eigenvalue weighted by Crippen LogP contribution is -1.90. The van der Waals surface area contributed by atoms with E-state index < -0.39 is 0 Å². The first-order chi connectivity index (χ1) is 10.1. The van der Waals surface area contributed by atoms with E-state index in [0.29, 0.717) is 5.92 Å². The first kappa shape index (κ1) is 15.3. The van der Waals surface area contributed by atoms with Gasteiger partial charge in [0.05, 0.1) is 0 Å². The Bertz CT molecular complexity index is 629. The minimum Gasteiger partial charge on any atom is -0.103 e. The lowest BCUT2D eigenvalue weighted by atomic mass is 9.93. The van der Waals surface area contributed by atoms with Crippen LogP contribution in [0.4, 0.5) is 0 Å². The van der Waals surface area contributed by atoms with Crippen LogP contribution < -0.4 is 0 Å². The molecule has 0 aromatic heterocycles. The van der Waals surface area contributed by atoms with Crippen molar-refractivity contribution >= 4 is 5.57 Å². The molecule has 1 unspecified atom stereocenters. The summed E-state index contributed by atoms with van der Waals surface area (Å²) in [7, 11) is 0. The molecule has 0 aliphatic carbocycles. The van der Waals surface area contributed by atoms with E-state index >= 15 is 0 Å². The number of aryl methyl sites for hydroxylation is 1. The average molecular weight is 276 g/mol. The molecule has 108 valence electrons. The molecule has 0 heteroatoms. The van der Waals surface area contributed by atoms with Gasteiger partial charge in [0, 0.05) is 0 Å². The fraction of sp³-hybridized carbons (Fsp3) is 0.238. The summed E-state index contributed by atoms with van der Waals surface area (Å²) < 4.78 is 0. The highest BCUT2D eigenvalue weighted by Crippen LogP contribution is 2.29. The highest BCUT2D eigenvalue weighted by molar-refractivity contribution is 5.80. The van der Waals surface area contributed by atoms with Crippen molar-refractivity contribution in [1.29, 1.82) is 0 Å². The van der Waals surface area contributed by atoms with Crippen LogP contribution in [-0.4, -0.2) is 0 Å². The van der Waals surface area contributed by atoms with E-state index in [1.807, 2.05) is 6.08 Å². The summed E-state index contributed by atoms with van der Waals surface area (Å²) in [6.07, 6.45) is 5.37. The van der Waals surface area contributed by atoms with Gasteiger partial charge < -0.3 is 0 Å². The smallest absolute Gasteiger partial charge is 0.0109 e. The molecule has 0 saturated carbocycles. The Kier molecular flexibility index (Phi) is 5.16. The third-order valence-corrected chi connectivity index (χ3v) is 3.91. The Balaban J connectivity index is 2.36. The highest BCUT2D eigenvalue weighted by Gasteiger charge is 2.06. The van der Waals surface area contributed by atoms with E-state index in [0.717, 1.165) is 6.42 Å². The van der Waals surface area contributed by atoms with E-state index in [-0.39, 0.29) is 0 Å². The number of hydrogen-bond acceptors (Lipinski definition) is 0. The number of benzene rings is 2. The van der Waals surface area contributed by atoms with Crippen LogP contribution in [0.15, 0.2) is 67.3 Å². The molecule has 2 rings (SSSR count). The second-order valence-electron chi connectivity index (χ2n) is 5.75. The van der Waals surface area contributed by atoms with Gasteiger partial charge in [0.15, 0.2) is 0 Å². The monoisotopic (exact) mass is 276 g/mol. The number of rotatable bonds is 5. The van der Waals surface area contributed by atoms with Crippen molar-refractivity contribution in [3.05, 3.63) is 78.4 Å². The van der Waals surface area contributed by atoms with Crippen LogP contribution in [0.5, 0.6) is 0 Å². The zero-order valence-electron chi connectivity index (χ0n) is 13.3. The van der Waals surface area contributed by atoms with Crippen molar-refractivity contribution in [2.45, 2.75) is 27.2 Å². The maximum absolute atomic E-state index is 3.86. The quantitative estimate of drug-likeness (QED) is 0.564. The number of allylic oxidation sites excluding steroid dienone is 3. The van der Waals surface area contributed by atoms with Gasteiger partial charge in [-0.3, -0.25) is 0 Å². The predicted octanol–water partition coefficient (Wildman–Crippen LogP) is 6.28. The first-order valence-corrected chi connectivity index (χ1v) is 7.57. The van der Waals surface area contributed by atoms with Gasteiger partial charge in [0.1, 0.15) is 0 Å². The zero-order chi connectivity index (χ0) is 15.2. The Morgan fingerprint density at radius 3 is 2.43 bits per heavy atom. The Morgan fingerprint density at radius 2 is 1.76 bits per heavy atom. The van der Waals surface area contributed by atoms with Gasteiger partial charge >= 0.3 is 0 Å². The summed E-state index contributed by atoms with van der Waals surface area (Å²) >= 11 is 0. The van der Waals surface area contributed by atoms with E-state index in [1.165, 1.54) is 27.8 Å². The average Bonchev–Trinajstić information content (AvgIpc) is 2.53. The van der Waals surface area contributed by atoms with Crippen LogP contribution in [0.2, 0.25) is 0 Å². The molecule has 2 aromatic rings. The van der Waals surface area contributed by atoms with Gasteiger partial charge in [0.25, 0.3) is 0 Å². The molecular formula is C21H24. The van der Waals surface area contributed by atoms with Gasteiger partial charge in [-0.2, -0.15) is 0 Å². The largest absolute Gasteiger partial charge is 0.103 e.